The first-order valence-corrected chi connectivity index (χ1v) is 7.16. The van der Waals surface area contributed by atoms with Crippen molar-refractivity contribution in [3.05, 3.63) is 71.4 Å². The Balaban J connectivity index is 2.24. The molecule has 0 unspecified atom stereocenters. The number of rotatable bonds is 4. The maximum Gasteiger partial charge on any atom is 0.340 e. The van der Waals surface area contributed by atoms with E-state index in [1.807, 2.05) is 54.6 Å². The van der Waals surface area contributed by atoms with Crippen LogP contribution in [-0.4, -0.2) is 24.3 Å². The summed E-state index contributed by atoms with van der Waals surface area (Å²) in [5.41, 5.74) is 2.89. The molecule has 114 valence electrons. The van der Waals surface area contributed by atoms with E-state index in [1.165, 1.54) is 7.11 Å². The average molecular weight is 305 g/mol. The molecule has 4 nitrogen and oxygen atoms in total. The van der Waals surface area contributed by atoms with Crippen molar-refractivity contribution in [3.63, 3.8) is 0 Å². The third-order valence-corrected chi connectivity index (χ3v) is 3.65. The zero-order valence-corrected chi connectivity index (χ0v) is 12.6. The molecule has 4 heteroatoms. The number of nitrogens with one attached hydrogen (secondary N) is 1. The van der Waals surface area contributed by atoms with Crippen molar-refractivity contribution < 1.29 is 14.3 Å². The van der Waals surface area contributed by atoms with Crippen LogP contribution in [0, 0.1) is 0 Å². The minimum atomic E-state index is -0.497. The van der Waals surface area contributed by atoms with Crippen LogP contribution in [0.2, 0.25) is 0 Å². The third kappa shape index (κ3) is 2.79. The summed E-state index contributed by atoms with van der Waals surface area (Å²) < 4.78 is 4.89. The molecular weight excluding hydrogens is 290 g/mol. The number of hydrogen-bond acceptors (Lipinski definition) is 3. The van der Waals surface area contributed by atoms with Crippen molar-refractivity contribution in [1.82, 2.24) is 4.98 Å². The van der Waals surface area contributed by atoms with Crippen LogP contribution in [-0.2, 0) is 9.53 Å². The van der Waals surface area contributed by atoms with Gasteiger partial charge >= 0.3 is 5.97 Å². The van der Waals surface area contributed by atoms with Gasteiger partial charge in [-0.05, 0) is 17.7 Å². The molecule has 2 aromatic carbocycles. The summed E-state index contributed by atoms with van der Waals surface area (Å²) in [5, 5.41) is 0.778. The zero-order chi connectivity index (χ0) is 16.2. The predicted molar refractivity (Wildman–Crippen MR) is 90.0 cm³/mol. The van der Waals surface area contributed by atoms with Gasteiger partial charge in [-0.1, -0.05) is 48.5 Å². The summed E-state index contributed by atoms with van der Waals surface area (Å²) in [5.74, 6) is -0.497. The van der Waals surface area contributed by atoms with Crippen LogP contribution in [0.15, 0.2) is 54.6 Å². The molecule has 0 fully saturated rings. The summed E-state index contributed by atoms with van der Waals surface area (Å²) in [4.78, 5) is 27.0. The van der Waals surface area contributed by atoms with Crippen LogP contribution in [0.5, 0.6) is 0 Å². The highest BCUT2D eigenvalue weighted by Gasteiger charge is 2.20. The van der Waals surface area contributed by atoms with Crippen molar-refractivity contribution in [3.8, 4) is 0 Å². The van der Waals surface area contributed by atoms with Crippen LogP contribution in [0.4, 0.5) is 0 Å². The maximum atomic E-state index is 12.2. The Bertz CT molecular complexity index is 891. The number of carbonyl (C=O) groups is 2. The van der Waals surface area contributed by atoms with E-state index in [1.54, 1.807) is 6.08 Å². The second-order valence-corrected chi connectivity index (χ2v) is 5.04. The Morgan fingerprint density at radius 3 is 2.43 bits per heavy atom. The topological polar surface area (TPSA) is 59.2 Å². The van der Waals surface area contributed by atoms with Gasteiger partial charge in [-0.2, -0.15) is 0 Å². The summed E-state index contributed by atoms with van der Waals surface area (Å²) in [6.07, 6.45) is 2.47. The number of fused-ring (bicyclic) bond motifs is 1. The molecule has 3 rings (SSSR count). The van der Waals surface area contributed by atoms with E-state index in [-0.39, 0.29) is 0 Å². The van der Waals surface area contributed by atoms with E-state index in [0.717, 1.165) is 22.8 Å². The molecule has 0 saturated heterocycles. The van der Waals surface area contributed by atoms with Gasteiger partial charge in [0.15, 0.2) is 6.29 Å². The van der Waals surface area contributed by atoms with Crippen LogP contribution < -0.4 is 0 Å². The fraction of sp³-hybridized carbons (Fsp3) is 0.0526. The first-order chi connectivity index (χ1) is 11.2. The fourth-order valence-corrected chi connectivity index (χ4v) is 2.56. The molecule has 0 atom stereocenters. The van der Waals surface area contributed by atoms with Crippen molar-refractivity contribution in [2.75, 3.05) is 7.11 Å². The molecule has 0 amide bonds. The first-order valence-electron chi connectivity index (χ1n) is 7.16. The SMILES string of the molecule is COC(=O)/C(=C\c1ccccc1)c1[nH]c2ccccc2c1C=O. The highest BCUT2D eigenvalue weighted by Crippen LogP contribution is 2.28. The largest absolute Gasteiger partial charge is 0.465 e. The van der Waals surface area contributed by atoms with Crippen LogP contribution >= 0.6 is 0 Å². The molecule has 23 heavy (non-hydrogen) atoms. The van der Waals surface area contributed by atoms with Crippen LogP contribution in [0.3, 0.4) is 0 Å². The molecule has 0 bridgehead atoms. The number of aromatic nitrogens is 1. The number of benzene rings is 2. The number of H-pyrrole nitrogens is 1. The zero-order valence-electron chi connectivity index (χ0n) is 12.6. The van der Waals surface area contributed by atoms with E-state index in [9.17, 15) is 9.59 Å². The first kappa shape index (κ1) is 14.8. The van der Waals surface area contributed by atoms with Gasteiger partial charge in [-0.25, -0.2) is 4.79 Å². The summed E-state index contributed by atoms with van der Waals surface area (Å²) in [6.45, 7) is 0. The molecule has 0 aliphatic heterocycles. The molecule has 3 aromatic rings. The van der Waals surface area contributed by atoms with Gasteiger partial charge in [0.2, 0.25) is 0 Å². The quantitative estimate of drug-likeness (QED) is 0.454. The van der Waals surface area contributed by atoms with Gasteiger partial charge in [0.05, 0.1) is 18.4 Å². The van der Waals surface area contributed by atoms with Crippen molar-refractivity contribution in [2.24, 2.45) is 0 Å². The lowest BCUT2D eigenvalue weighted by Gasteiger charge is -2.05. The third-order valence-electron chi connectivity index (χ3n) is 3.65. The number of carbonyl (C=O) groups excluding carboxylic acids is 2. The number of aldehydes is 1. The van der Waals surface area contributed by atoms with Gasteiger partial charge in [0, 0.05) is 16.5 Å². The van der Waals surface area contributed by atoms with Crippen molar-refractivity contribution >= 4 is 34.8 Å². The minimum Gasteiger partial charge on any atom is -0.465 e. The predicted octanol–water partition coefficient (Wildman–Crippen LogP) is 3.69. The molecular formula is C19H15NO3. The van der Waals surface area contributed by atoms with Crippen LogP contribution in [0.25, 0.3) is 22.6 Å². The van der Waals surface area contributed by atoms with Crippen LogP contribution in [0.1, 0.15) is 21.6 Å². The summed E-state index contributed by atoms with van der Waals surface area (Å²) >= 11 is 0. The lowest BCUT2D eigenvalue weighted by Crippen LogP contribution is -2.06. The Kier molecular flexibility index (Phi) is 4.06. The van der Waals surface area contributed by atoms with E-state index in [0.29, 0.717) is 16.8 Å². The minimum absolute atomic E-state index is 0.317. The van der Waals surface area contributed by atoms with Gasteiger partial charge in [0.1, 0.15) is 0 Å². The molecule has 1 heterocycles. The number of esters is 1. The van der Waals surface area contributed by atoms with E-state index >= 15 is 0 Å². The second-order valence-electron chi connectivity index (χ2n) is 5.04. The molecule has 0 radical (unpaired) electrons. The summed E-state index contributed by atoms with van der Waals surface area (Å²) in [7, 11) is 1.32. The Morgan fingerprint density at radius 2 is 1.74 bits per heavy atom. The second kappa shape index (κ2) is 6.32. The molecule has 0 aliphatic carbocycles. The fourth-order valence-electron chi connectivity index (χ4n) is 2.56. The number of ether oxygens (including phenoxy) is 1. The van der Waals surface area contributed by atoms with Crippen molar-refractivity contribution in [2.45, 2.75) is 0 Å². The average Bonchev–Trinajstić information content (AvgIpc) is 2.98. The van der Waals surface area contributed by atoms with Gasteiger partial charge < -0.3 is 9.72 Å². The lowest BCUT2D eigenvalue weighted by molar-refractivity contribution is -0.133. The Labute approximate surface area is 133 Å². The number of aromatic amines is 1. The molecule has 1 aromatic heterocycles. The molecule has 1 N–H and O–H groups in total. The molecule has 0 spiro atoms. The lowest BCUT2D eigenvalue weighted by atomic mass is 10.0. The molecule has 0 aliphatic rings. The summed E-state index contributed by atoms with van der Waals surface area (Å²) in [6, 6.07) is 16.9. The smallest absolute Gasteiger partial charge is 0.340 e. The molecule has 0 saturated carbocycles. The van der Waals surface area contributed by atoms with E-state index < -0.39 is 5.97 Å². The maximum absolute atomic E-state index is 12.2. The number of para-hydroxylation sites is 1. The number of hydrogen-bond donors (Lipinski definition) is 1. The standard InChI is InChI=1S/C19H15NO3/c1-23-19(22)15(11-13-7-3-2-4-8-13)18-16(12-21)14-9-5-6-10-17(14)20-18/h2-12,20H,1H3/b15-11-. The highest BCUT2D eigenvalue weighted by atomic mass is 16.5. The van der Waals surface area contributed by atoms with Crippen molar-refractivity contribution in [1.29, 1.82) is 0 Å². The normalized spacial score (nSPS) is 11.4. The van der Waals surface area contributed by atoms with E-state index in [4.69, 9.17) is 4.74 Å². The van der Waals surface area contributed by atoms with Gasteiger partial charge in [-0.3, -0.25) is 4.79 Å². The monoisotopic (exact) mass is 305 g/mol. The number of methoxy groups -OCH3 is 1. The Hall–Kier alpha value is -3.14. The van der Waals surface area contributed by atoms with Gasteiger partial charge in [0.25, 0.3) is 0 Å². The van der Waals surface area contributed by atoms with Gasteiger partial charge in [-0.15, -0.1) is 0 Å². The van der Waals surface area contributed by atoms with E-state index in [2.05, 4.69) is 4.98 Å². The Morgan fingerprint density at radius 1 is 1.04 bits per heavy atom. The highest BCUT2D eigenvalue weighted by molar-refractivity contribution is 6.24.